The van der Waals surface area contributed by atoms with Crippen LogP contribution in [-0.4, -0.2) is 13.4 Å². The Hall–Kier alpha value is -0.800. The molecule has 8 heteroatoms. The zero-order chi connectivity index (χ0) is 15.5. The molecule has 1 heterocycles. The lowest BCUT2D eigenvalue weighted by atomic mass is 10.1. The van der Waals surface area contributed by atoms with Gasteiger partial charge in [0, 0.05) is 26.8 Å². The fraction of sp³-hybridized carbons (Fsp3) is 0.154. The van der Waals surface area contributed by atoms with Crippen LogP contribution in [0.1, 0.15) is 16.0 Å². The number of rotatable bonds is 6. The van der Waals surface area contributed by atoms with Gasteiger partial charge in [-0.15, -0.1) is 11.3 Å². The average molecular weight is 405 g/mol. The second-order valence-electron chi connectivity index (χ2n) is 4.37. The maximum absolute atomic E-state index is 12.0. The van der Waals surface area contributed by atoms with Crippen molar-refractivity contribution in [3.05, 3.63) is 56.2 Å². The Morgan fingerprint density at radius 3 is 2.52 bits per heavy atom. The Balaban J connectivity index is 1.98. The Kier molecular flexibility index (Phi) is 5.50. The van der Waals surface area contributed by atoms with Crippen molar-refractivity contribution in [1.82, 2.24) is 4.72 Å². The molecule has 0 aliphatic carbocycles. The number of halogens is 1. The molecule has 112 valence electrons. The molecular weight excluding hydrogens is 392 g/mol. The lowest BCUT2D eigenvalue weighted by Crippen LogP contribution is -2.24. The summed E-state index contributed by atoms with van der Waals surface area (Å²) in [5, 5.41) is 1.91. The Morgan fingerprint density at radius 2 is 2.00 bits per heavy atom. The van der Waals surface area contributed by atoms with Crippen molar-refractivity contribution in [3.63, 3.8) is 0 Å². The van der Waals surface area contributed by atoms with Crippen molar-refractivity contribution in [2.75, 3.05) is 0 Å². The molecule has 0 atom stereocenters. The Morgan fingerprint density at radius 1 is 1.33 bits per heavy atom. The summed E-state index contributed by atoms with van der Waals surface area (Å²) in [4.78, 5) is 1.25. The molecule has 3 N–H and O–H groups in total. The third-order valence-corrected chi connectivity index (χ3v) is 5.91. The number of thiophene rings is 1. The summed E-state index contributed by atoms with van der Waals surface area (Å²) in [7, 11) is -3.38. The van der Waals surface area contributed by atoms with E-state index in [1.807, 2.05) is 11.4 Å². The fourth-order valence-corrected chi connectivity index (χ4v) is 4.39. The molecular formula is C13H13BrN2O2S3. The monoisotopic (exact) mass is 404 g/mol. The van der Waals surface area contributed by atoms with E-state index in [4.69, 9.17) is 18.0 Å². The number of thiocarbonyl (C=S) groups is 1. The fourth-order valence-electron chi connectivity index (χ4n) is 1.66. The predicted octanol–water partition coefficient (Wildman–Crippen LogP) is 2.76. The minimum atomic E-state index is -3.38. The smallest absolute Gasteiger partial charge is 0.216 e. The highest BCUT2D eigenvalue weighted by Crippen LogP contribution is 2.19. The van der Waals surface area contributed by atoms with Gasteiger partial charge in [-0.1, -0.05) is 36.5 Å². The standard InChI is InChI=1S/C13H13BrN2O2S3/c14-11-5-12(20-7-11)6-16-21(17,18)8-9-1-3-10(4-2-9)13(15)19/h1-5,7,16H,6,8H2,(H2,15,19). The average Bonchev–Trinajstić information content (AvgIpc) is 2.83. The van der Waals surface area contributed by atoms with Crippen molar-refractivity contribution < 1.29 is 8.42 Å². The molecule has 1 aromatic heterocycles. The van der Waals surface area contributed by atoms with Gasteiger partial charge in [-0.3, -0.25) is 0 Å². The van der Waals surface area contributed by atoms with Crippen LogP contribution in [0.5, 0.6) is 0 Å². The van der Waals surface area contributed by atoms with E-state index in [-0.39, 0.29) is 5.75 Å². The largest absolute Gasteiger partial charge is 0.389 e. The zero-order valence-electron chi connectivity index (χ0n) is 10.9. The molecule has 1 aromatic carbocycles. The van der Waals surface area contributed by atoms with Gasteiger partial charge >= 0.3 is 0 Å². The summed E-state index contributed by atoms with van der Waals surface area (Å²) in [5.74, 6) is -0.0723. The van der Waals surface area contributed by atoms with E-state index >= 15 is 0 Å². The van der Waals surface area contributed by atoms with E-state index in [1.54, 1.807) is 24.3 Å². The van der Waals surface area contributed by atoms with E-state index in [0.717, 1.165) is 14.9 Å². The van der Waals surface area contributed by atoms with E-state index in [0.29, 0.717) is 17.1 Å². The first-order valence-corrected chi connectivity index (χ1v) is 9.68. The van der Waals surface area contributed by atoms with Crippen LogP contribution in [-0.2, 0) is 22.3 Å². The second-order valence-corrected chi connectivity index (χ2v) is 8.53. The molecule has 0 radical (unpaired) electrons. The van der Waals surface area contributed by atoms with Crippen molar-refractivity contribution in [2.45, 2.75) is 12.3 Å². The number of benzene rings is 1. The molecule has 0 bridgehead atoms. The minimum Gasteiger partial charge on any atom is -0.389 e. The predicted molar refractivity (Wildman–Crippen MR) is 93.8 cm³/mol. The lowest BCUT2D eigenvalue weighted by Gasteiger charge is -2.06. The van der Waals surface area contributed by atoms with Gasteiger partial charge in [0.25, 0.3) is 0 Å². The number of hydrogen-bond acceptors (Lipinski definition) is 4. The molecule has 0 saturated carbocycles. The van der Waals surface area contributed by atoms with Gasteiger partial charge in [0.05, 0.1) is 5.75 Å². The third-order valence-electron chi connectivity index (χ3n) is 2.68. The first-order chi connectivity index (χ1) is 9.85. The molecule has 0 amide bonds. The molecule has 0 saturated heterocycles. The molecule has 0 aliphatic heterocycles. The molecule has 21 heavy (non-hydrogen) atoms. The summed E-state index contributed by atoms with van der Waals surface area (Å²) in [6, 6.07) is 8.78. The van der Waals surface area contributed by atoms with E-state index in [9.17, 15) is 8.42 Å². The molecule has 4 nitrogen and oxygen atoms in total. The highest BCUT2D eigenvalue weighted by molar-refractivity contribution is 9.10. The van der Waals surface area contributed by atoms with Crippen LogP contribution >= 0.6 is 39.5 Å². The summed E-state index contributed by atoms with van der Waals surface area (Å²) >= 11 is 9.69. The van der Waals surface area contributed by atoms with Gasteiger partial charge in [-0.25, -0.2) is 13.1 Å². The number of sulfonamides is 1. The topological polar surface area (TPSA) is 72.2 Å². The quantitative estimate of drug-likeness (QED) is 0.725. The normalized spacial score (nSPS) is 11.5. The molecule has 0 aliphatic rings. The third kappa shape index (κ3) is 5.15. The Bertz CT molecular complexity index is 739. The number of nitrogens with one attached hydrogen (secondary N) is 1. The van der Waals surface area contributed by atoms with Crippen LogP contribution in [0.15, 0.2) is 40.2 Å². The molecule has 2 aromatic rings. The summed E-state index contributed by atoms with van der Waals surface area (Å²) < 4.78 is 27.6. The molecule has 0 fully saturated rings. The van der Waals surface area contributed by atoms with E-state index in [2.05, 4.69) is 20.7 Å². The first kappa shape index (κ1) is 16.6. The number of nitrogens with two attached hydrogens (primary N) is 1. The lowest BCUT2D eigenvalue weighted by molar-refractivity contribution is 0.581. The second kappa shape index (κ2) is 6.97. The highest BCUT2D eigenvalue weighted by Gasteiger charge is 2.12. The van der Waals surface area contributed by atoms with Crippen molar-refractivity contribution in [1.29, 1.82) is 0 Å². The maximum Gasteiger partial charge on any atom is 0.216 e. The molecule has 2 rings (SSSR count). The van der Waals surface area contributed by atoms with Gasteiger partial charge in [0.1, 0.15) is 4.99 Å². The van der Waals surface area contributed by atoms with Crippen LogP contribution < -0.4 is 10.5 Å². The van der Waals surface area contributed by atoms with Crippen LogP contribution in [0.2, 0.25) is 0 Å². The first-order valence-electron chi connectivity index (χ1n) is 5.95. The van der Waals surface area contributed by atoms with E-state index < -0.39 is 10.0 Å². The zero-order valence-corrected chi connectivity index (χ0v) is 14.9. The van der Waals surface area contributed by atoms with Gasteiger partial charge in [-0.2, -0.15) is 0 Å². The van der Waals surface area contributed by atoms with Crippen molar-refractivity contribution >= 4 is 54.5 Å². The maximum atomic E-state index is 12.0. The summed E-state index contributed by atoms with van der Waals surface area (Å²) in [6.45, 7) is 0.295. The van der Waals surface area contributed by atoms with Gasteiger partial charge in [0.15, 0.2) is 0 Å². The molecule has 0 unspecified atom stereocenters. The van der Waals surface area contributed by atoms with Crippen molar-refractivity contribution in [3.8, 4) is 0 Å². The van der Waals surface area contributed by atoms with Crippen LogP contribution in [0.4, 0.5) is 0 Å². The van der Waals surface area contributed by atoms with Gasteiger partial charge in [-0.05, 0) is 27.6 Å². The Labute approximate surface area is 141 Å². The van der Waals surface area contributed by atoms with Gasteiger partial charge in [0.2, 0.25) is 10.0 Å². The van der Waals surface area contributed by atoms with Gasteiger partial charge < -0.3 is 5.73 Å². The van der Waals surface area contributed by atoms with Crippen LogP contribution in [0, 0.1) is 0 Å². The van der Waals surface area contributed by atoms with Crippen LogP contribution in [0.3, 0.4) is 0 Å². The molecule has 0 spiro atoms. The minimum absolute atomic E-state index is 0.0723. The highest BCUT2D eigenvalue weighted by atomic mass is 79.9. The van der Waals surface area contributed by atoms with Crippen molar-refractivity contribution in [2.24, 2.45) is 5.73 Å². The number of hydrogen-bond donors (Lipinski definition) is 2. The SMILES string of the molecule is NC(=S)c1ccc(CS(=O)(=O)NCc2cc(Br)cs2)cc1. The summed E-state index contributed by atoms with van der Waals surface area (Å²) in [6.07, 6.45) is 0. The summed E-state index contributed by atoms with van der Waals surface area (Å²) in [5.41, 5.74) is 6.92. The van der Waals surface area contributed by atoms with Crippen LogP contribution in [0.25, 0.3) is 0 Å². The van der Waals surface area contributed by atoms with E-state index in [1.165, 1.54) is 11.3 Å².